The van der Waals surface area contributed by atoms with E-state index >= 15 is 0 Å². The van der Waals surface area contributed by atoms with Gasteiger partial charge in [0.2, 0.25) is 0 Å². The van der Waals surface area contributed by atoms with Crippen molar-refractivity contribution in [3.63, 3.8) is 0 Å². The predicted molar refractivity (Wildman–Crippen MR) is 91.7 cm³/mol. The van der Waals surface area contributed by atoms with Crippen LogP contribution in [0, 0.1) is 6.92 Å². The average molecular weight is 312 g/mol. The molecule has 0 amide bonds. The number of nitrogens with zero attached hydrogens (tertiary/aromatic N) is 2. The monoisotopic (exact) mass is 312 g/mol. The molecule has 0 spiro atoms. The maximum atomic E-state index is 11.2. The van der Waals surface area contributed by atoms with Crippen molar-refractivity contribution >= 4 is 22.4 Å². The normalized spacial score (nSPS) is 13.0. The second-order valence-electron chi connectivity index (χ2n) is 6.25. The summed E-state index contributed by atoms with van der Waals surface area (Å²) in [6.07, 6.45) is 2.76. The molecule has 0 aliphatic carbocycles. The summed E-state index contributed by atoms with van der Waals surface area (Å²) in [5.74, 6) is 3.15. The van der Waals surface area contributed by atoms with Gasteiger partial charge >= 0.3 is 0 Å². The van der Waals surface area contributed by atoms with E-state index in [2.05, 4.69) is 48.3 Å². The van der Waals surface area contributed by atoms with Gasteiger partial charge < -0.3 is 10.6 Å². The summed E-state index contributed by atoms with van der Waals surface area (Å²) in [6, 6.07) is 0. The van der Waals surface area contributed by atoms with Crippen molar-refractivity contribution in [2.24, 2.45) is 0 Å². The van der Waals surface area contributed by atoms with E-state index in [1.54, 1.807) is 6.26 Å². The summed E-state index contributed by atoms with van der Waals surface area (Å²) in [5.41, 5.74) is 0.902. The molecule has 21 heavy (non-hydrogen) atoms. The topological polar surface area (TPSA) is 66.9 Å². The van der Waals surface area contributed by atoms with Crippen LogP contribution in [0.1, 0.15) is 45.5 Å². The molecule has 6 heteroatoms. The number of rotatable bonds is 7. The number of hydrogen-bond donors (Lipinski definition) is 2. The van der Waals surface area contributed by atoms with Crippen LogP contribution in [-0.4, -0.2) is 39.3 Å². The lowest BCUT2D eigenvalue weighted by molar-refractivity contribution is 0.546. The van der Waals surface area contributed by atoms with Crippen LogP contribution >= 0.6 is 0 Å². The maximum absolute atomic E-state index is 11.2. The smallest absolute Gasteiger partial charge is 0.138 e. The molecule has 0 radical (unpaired) electrons. The van der Waals surface area contributed by atoms with Crippen molar-refractivity contribution in [2.75, 3.05) is 35.7 Å². The SMILES string of the molecule is CCCNc1nc(C(C)(C)C)nc(NCCS(C)=O)c1C. The fourth-order valence-corrected chi connectivity index (χ4v) is 2.14. The molecular weight excluding hydrogens is 284 g/mol. The molecule has 1 unspecified atom stereocenters. The highest BCUT2D eigenvalue weighted by Crippen LogP contribution is 2.26. The first-order chi connectivity index (χ1) is 9.75. The quantitative estimate of drug-likeness (QED) is 0.810. The summed E-state index contributed by atoms with van der Waals surface area (Å²) >= 11 is 0. The maximum Gasteiger partial charge on any atom is 0.138 e. The second-order valence-corrected chi connectivity index (χ2v) is 7.80. The first kappa shape index (κ1) is 17.9. The van der Waals surface area contributed by atoms with E-state index in [1.165, 1.54) is 0 Å². The summed E-state index contributed by atoms with van der Waals surface area (Å²) in [6.45, 7) is 12.0. The third-order valence-electron chi connectivity index (χ3n) is 3.04. The molecule has 0 bridgehead atoms. The molecule has 0 fully saturated rings. The summed E-state index contributed by atoms with van der Waals surface area (Å²) < 4.78 is 11.2. The predicted octanol–water partition coefficient (Wildman–Crippen LogP) is 2.69. The van der Waals surface area contributed by atoms with Crippen molar-refractivity contribution in [1.82, 2.24) is 9.97 Å². The van der Waals surface area contributed by atoms with Crippen molar-refractivity contribution in [1.29, 1.82) is 0 Å². The molecule has 1 aromatic rings. The van der Waals surface area contributed by atoms with Crippen LogP contribution in [0.25, 0.3) is 0 Å². The summed E-state index contributed by atoms with van der Waals surface area (Å²) in [5, 5.41) is 6.65. The van der Waals surface area contributed by atoms with E-state index in [4.69, 9.17) is 0 Å². The Kier molecular flexibility index (Phi) is 6.58. The van der Waals surface area contributed by atoms with E-state index in [1.807, 2.05) is 6.92 Å². The van der Waals surface area contributed by atoms with E-state index < -0.39 is 10.8 Å². The molecular formula is C15H28N4OS. The van der Waals surface area contributed by atoms with E-state index in [-0.39, 0.29) is 5.41 Å². The molecule has 2 N–H and O–H groups in total. The zero-order chi connectivity index (χ0) is 16.0. The molecule has 1 atom stereocenters. The van der Waals surface area contributed by atoms with Gasteiger partial charge in [-0.1, -0.05) is 27.7 Å². The van der Waals surface area contributed by atoms with Gasteiger partial charge in [-0.15, -0.1) is 0 Å². The lowest BCUT2D eigenvalue weighted by Crippen LogP contribution is -2.21. The largest absolute Gasteiger partial charge is 0.370 e. The van der Waals surface area contributed by atoms with Gasteiger partial charge in [-0.2, -0.15) is 0 Å². The number of hydrogen-bond acceptors (Lipinski definition) is 5. The first-order valence-corrected chi connectivity index (χ1v) is 9.15. The molecule has 1 rings (SSSR count). The van der Waals surface area contributed by atoms with Gasteiger partial charge in [0.15, 0.2) is 0 Å². The van der Waals surface area contributed by atoms with Gasteiger partial charge in [0, 0.05) is 46.9 Å². The Bertz CT molecular complexity index is 497. The minimum atomic E-state index is -0.800. The Morgan fingerprint density at radius 2 is 1.62 bits per heavy atom. The Morgan fingerprint density at radius 3 is 2.05 bits per heavy atom. The first-order valence-electron chi connectivity index (χ1n) is 7.42. The molecule has 0 aliphatic rings. The highest BCUT2D eigenvalue weighted by Gasteiger charge is 2.21. The van der Waals surface area contributed by atoms with Crippen LogP contribution in [0.4, 0.5) is 11.6 Å². The Balaban J connectivity index is 3.05. The molecule has 120 valence electrons. The molecule has 5 nitrogen and oxygen atoms in total. The Labute approximate surface area is 130 Å². The van der Waals surface area contributed by atoms with Gasteiger partial charge in [-0.25, -0.2) is 9.97 Å². The average Bonchev–Trinajstić information content (AvgIpc) is 2.37. The number of anilines is 2. The lowest BCUT2D eigenvalue weighted by atomic mass is 9.95. The molecule has 0 aromatic carbocycles. The molecule has 0 saturated heterocycles. The zero-order valence-electron chi connectivity index (χ0n) is 14.0. The van der Waals surface area contributed by atoms with E-state index in [9.17, 15) is 4.21 Å². The lowest BCUT2D eigenvalue weighted by Gasteiger charge is -2.21. The minimum Gasteiger partial charge on any atom is -0.370 e. The van der Waals surface area contributed by atoms with Crippen molar-refractivity contribution in [3.8, 4) is 0 Å². The number of nitrogens with one attached hydrogen (secondary N) is 2. The Morgan fingerprint density at radius 1 is 1.10 bits per heavy atom. The van der Waals surface area contributed by atoms with Gasteiger partial charge in [-0.05, 0) is 13.3 Å². The van der Waals surface area contributed by atoms with E-state index in [0.717, 1.165) is 36.0 Å². The summed E-state index contributed by atoms with van der Waals surface area (Å²) in [7, 11) is -0.800. The van der Waals surface area contributed by atoms with Gasteiger partial charge in [0.1, 0.15) is 17.5 Å². The summed E-state index contributed by atoms with van der Waals surface area (Å²) in [4.78, 5) is 9.31. The van der Waals surface area contributed by atoms with E-state index in [0.29, 0.717) is 12.3 Å². The fraction of sp³-hybridized carbons (Fsp3) is 0.733. The highest BCUT2D eigenvalue weighted by atomic mass is 32.2. The van der Waals surface area contributed by atoms with Crippen molar-refractivity contribution < 1.29 is 4.21 Å². The molecule has 1 aromatic heterocycles. The van der Waals surface area contributed by atoms with Crippen LogP contribution in [0.2, 0.25) is 0 Å². The second kappa shape index (κ2) is 7.73. The minimum absolute atomic E-state index is 0.111. The van der Waals surface area contributed by atoms with Crippen LogP contribution in [-0.2, 0) is 16.2 Å². The van der Waals surface area contributed by atoms with Gasteiger partial charge in [-0.3, -0.25) is 4.21 Å². The van der Waals surface area contributed by atoms with Crippen LogP contribution in [0.5, 0.6) is 0 Å². The molecule has 0 saturated carbocycles. The van der Waals surface area contributed by atoms with Gasteiger partial charge in [0.25, 0.3) is 0 Å². The zero-order valence-corrected chi connectivity index (χ0v) is 14.9. The van der Waals surface area contributed by atoms with Crippen molar-refractivity contribution in [2.45, 2.75) is 46.5 Å². The van der Waals surface area contributed by atoms with Crippen molar-refractivity contribution in [3.05, 3.63) is 11.4 Å². The fourth-order valence-electron chi connectivity index (χ4n) is 1.75. The third-order valence-corrected chi connectivity index (χ3v) is 3.82. The van der Waals surface area contributed by atoms with Crippen LogP contribution in [0.3, 0.4) is 0 Å². The number of aromatic nitrogens is 2. The van der Waals surface area contributed by atoms with Gasteiger partial charge in [0.05, 0.1) is 0 Å². The standard InChI is InChI=1S/C15H28N4OS/c1-7-8-16-12-11(2)13(17-9-10-21(6)20)19-14(18-12)15(3,4)5/h7-10H2,1-6H3,(H2,16,17,18,19). The Hall–Kier alpha value is -1.17. The van der Waals surface area contributed by atoms with Crippen LogP contribution in [0.15, 0.2) is 0 Å². The highest BCUT2D eigenvalue weighted by molar-refractivity contribution is 7.84. The third kappa shape index (κ3) is 5.61. The van der Waals surface area contributed by atoms with Crippen LogP contribution < -0.4 is 10.6 Å². The molecule has 1 heterocycles. The molecule has 0 aliphatic heterocycles.